The molecule has 0 bridgehead atoms. The number of hydrogen-bond donors (Lipinski definition) is 0. The first-order valence-electron chi connectivity index (χ1n) is 6.10. The van der Waals surface area contributed by atoms with Crippen molar-refractivity contribution < 1.29 is 9.59 Å². The summed E-state index contributed by atoms with van der Waals surface area (Å²) < 4.78 is 0. The van der Waals surface area contributed by atoms with Crippen molar-refractivity contribution in [1.82, 2.24) is 9.80 Å². The van der Waals surface area contributed by atoms with Gasteiger partial charge in [0.05, 0.1) is 5.92 Å². The fourth-order valence-corrected chi connectivity index (χ4v) is 2.83. The highest BCUT2D eigenvalue weighted by atomic mass is 16.2. The van der Waals surface area contributed by atoms with Crippen LogP contribution in [0.2, 0.25) is 0 Å². The lowest BCUT2D eigenvalue weighted by molar-refractivity contribution is -0.133. The smallest absolute Gasteiger partial charge is 0.227 e. The molecular formula is C12H20N2O2. The van der Waals surface area contributed by atoms with E-state index in [-0.39, 0.29) is 17.7 Å². The van der Waals surface area contributed by atoms with Crippen molar-refractivity contribution in [2.75, 3.05) is 20.6 Å². The van der Waals surface area contributed by atoms with E-state index < -0.39 is 0 Å². The highest BCUT2D eigenvalue weighted by Gasteiger charge is 2.38. The average Bonchev–Trinajstić information content (AvgIpc) is 2.84. The van der Waals surface area contributed by atoms with E-state index in [2.05, 4.69) is 0 Å². The summed E-state index contributed by atoms with van der Waals surface area (Å²) in [5, 5.41) is 0. The second kappa shape index (κ2) is 4.44. The molecule has 0 N–H and O–H groups in total. The van der Waals surface area contributed by atoms with Crippen LogP contribution in [0.3, 0.4) is 0 Å². The number of carbonyl (C=O) groups excluding carboxylic acids is 2. The summed E-state index contributed by atoms with van der Waals surface area (Å²) in [6, 6.07) is 0.410. The number of hydrogen-bond acceptors (Lipinski definition) is 2. The lowest BCUT2D eigenvalue weighted by Gasteiger charge is -2.24. The maximum absolute atomic E-state index is 11.9. The SMILES string of the molecule is CN(C)C(=O)[C@H]1CC(=O)N(C2CCCC2)C1. The van der Waals surface area contributed by atoms with Gasteiger partial charge in [-0.25, -0.2) is 0 Å². The lowest BCUT2D eigenvalue weighted by atomic mass is 10.1. The van der Waals surface area contributed by atoms with Gasteiger partial charge in [0.1, 0.15) is 0 Å². The minimum Gasteiger partial charge on any atom is -0.349 e. The van der Waals surface area contributed by atoms with E-state index in [1.165, 1.54) is 12.8 Å². The second-order valence-corrected chi connectivity index (χ2v) is 5.12. The zero-order valence-electron chi connectivity index (χ0n) is 10.1. The van der Waals surface area contributed by atoms with Crippen molar-refractivity contribution in [2.45, 2.75) is 38.1 Å². The Hall–Kier alpha value is -1.06. The van der Waals surface area contributed by atoms with Crippen molar-refractivity contribution in [1.29, 1.82) is 0 Å². The molecule has 4 heteroatoms. The van der Waals surface area contributed by atoms with Gasteiger partial charge in [-0.3, -0.25) is 9.59 Å². The van der Waals surface area contributed by atoms with E-state index in [1.807, 2.05) is 4.90 Å². The normalized spacial score (nSPS) is 26.5. The van der Waals surface area contributed by atoms with Crippen LogP contribution in [-0.2, 0) is 9.59 Å². The van der Waals surface area contributed by atoms with Gasteiger partial charge in [-0.2, -0.15) is 0 Å². The van der Waals surface area contributed by atoms with Crippen LogP contribution in [0.5, 0.6) is 0 Å². The summed E-state index contributed by atoms with van der Waals surface area (Å²) in [5.74, 6) is 0.157. The molecule has 0 aromatic rings. The maximum atomic E-state index is 11.9. The van der Waals surface area contributed by atoms with Gasteiger partial charge in [0.15, 0.2) is 0 Å². The van der Waals surface area contributed by atoms with Gasteiger partial charge < -0.3 is 9.80 Å². The van der Waals surface area contributed by atoms with Crippen molar-refractivity contribution >= 4 is 11.8 Å². The van der Waals surface area contributed by atoms with Gasteiger partial charge in [0.25, 0.3) is 0 Å². The molecule has 0 unspecified atom stereocenters. The first kappa shape index (κ1) is 11.4. The standard InChI is InChI=1S/C12H20N2O2/c1-13(2)12(16)9-7-11(15)14(8-9)10-5-3-4-6-10/h9-10H,3-8H2,1-2H3/t9-/m0/s1. The molecule has 2 rings (SSSR count). The molecule has 90 valence electrons. The monoisotopic (exact) mass is 224 g/mol. The fraction of sp³-hybridized carbons (Fsp3) is 0.833. The maximum Gasteiger partial charge on any atom is 0.227 e. The first-order chi connectivity index (χ1) is 7.59. The van der Waals surface area contributed by atoms with Crippen molar-refractivity contribution in [2.24, 2.45) is 5.92 Å². The number of nitrogens with zero attached hydrogens (tertiary/aromatic N) is 2. The Morgan fingerprint density at radius 3 is 2.50 bits per heavy atom. The van der Waals surface area contributed by atoms with Gasteiger partial charge in [-0.1, -0.05) is 12.8 Å². The highest BCUT2D eigenvalue weighted by Crippen LogP contribution is 2.29. The summed E-state index contributed by atoms with van der Waals surface area (Å²) in [6.45, 7) is 0.639. The zero-order valence-corrected chi connectivity index (χ0v) is 10.1. The van der Waals surface area contributed by atoms with Crippen LogP contribution in [0.4, 0.5) is 0 Å². The van der Waals surface area contributed by atoms with Gasteiger partial charge in [0, 0.05) is 33.1 Å². The minimum atomic E-state index is -0.108. The van der Waals surface area contributed by atoms with E-state index in [0.29, 0.717) is 19.0 Å². The Bertz CT molecular complexity index is 295. The molecule has 0 spiro atoms. The Labute approximate surface area is 96.6 Å². The molecule has 1 saturated carbocycles. The predicted octanol–water partition coefficient (Wildman–Crippen LogP) is 0.866. The quantitative estimate of drug-likeness (QED) is 0.698. The van der Waals surface area contributed by atoms with Crippen LogP contribution in [0, 0.1) is 5.92 Å². The molecule has 16 heavy (non-hydrogen) atoms. The number of likely N-dealkylation sites (tertiary alicyclic amines) is 1. The van der Waals surface area contributed by atoms with Gasteiger partial charge in [-0.15, -0.1) is 0 Å². The molecule has 1 aliphatic carbocycles. The molecule has 2 aliphatic rings. The third kappa shape index (κ3) is 2.06. The summed E-state index contributed by atoms with van der Waals surface area (Å²) in [4.78, 5) is 27.2. The van der Waals surface area contributed by atoms with Crippen LogP contribution in [0.1, 0.15) is 32.1 Å². The van der Waals surface area contributed by atoms with Gasteiger partial charge in [-0.05, 0) is 12.8 Å². The summed E-state index contributed by atoms with van der Waals surface area (Å²) in [7, 11) is 3.51. The van der Waals surface area contributed by atoms with Crippen LogP contribution in [0.15, 0.2) is 0 Å². The largest absolute Gasteiger partial charge is 0.349 e. The van der Waals surface area contributed by atoms with Gasteiger partial charge >= 0.3 is 0 Å². The zero-order chi connectivity index (χ0) is 11.7. The minimum absolute atomic E-state index is 0.0915. The molecule has 1 heterocycles. The molecule has 1 saturated heterocycles. The molecule has 0 aromatic heterocycles. The molecule has 1 atom stereocenters. The van der Waals surface area contributed by atoms with Gasteiger partial charge in [0.2, 0.25) is 11.8 Å². The summed E-state index contributed by atoms with van der Waals surface area (Å²) in [5.41, 5.74) is 0. The van der Waals surface area contributed by atoms with E-state index in [4.69, 9.17) is 0 Å². The Morgan fingerprint density at radius 1 is 1.31 bits per heavy atom. The second-order valence-electron chi connectivity index (χ2n) is 5.12. The molecule has 2 amide bonds. The summed E-state index contributed by atoms with van der Waals surface area (Å²) in [6.07, 6.45) is 5.10. The first-order valence-corrected chi connectivity index (χ1v) is 6.10. The van der Waals surface area contributed by atoms with Crippen LogP contribution < -0.4 is 0 Å². The van der Waals surface area contributed by atoms with E-state index in [9.17, 15) is 9.59 Å². The Kier molecular flexibility index (Phi) is 3.17. The third-order valence-corrected chi connectivity index (χ3v) is 3.71. The predicted molar refractivity (Wildman–Crippen MR) is 60.8 cm³/mol. The molecule has 4 nitrogen and oxygen atoms in total. The van der Waals surface area contributed by atoms with E-state index >= 15 is 0 Å². The van der Waals surface area contributed by atoms with E-state index in [1.54, 1.807) is 19.0 Å². The van der Waals surface area contributed by atoms with Crippen molar-refractivity contribution in [3.63, 3.8) is 0 Å². The third-order valence-electron chi connectivity index (χ3n) is 3.71. The number of rotatable bonds is 2. The Balaban J connectivity index is 1.98. The van der Waals surface area contributed by atoms with Crippen LogP contribution in [0.25, 0.3) is 0 Å². The number of amides is 2. The summed E-state index contributed by atoms with van der Waals surface area (Å²) >= 11 is 0. The number of carbonyl (C=O) groups is 2. The molecule has 1 aliphatic heterocycles. The van der Waals surface area contributed by atoms with Crippen molar-refractivity contribution in [3.05, 3.63) is 0 Å². The Morgan fingerprint density at radius 2 is 1.94 bits per heavy atom. The fourth-order valence-electron chi connectivity index (χ4n) is 2.83. The molecule has 0 aromatic carbocycles. The van der Waals surface area contributed by atoms with E-state index in [0.717, 1.165) is 12.8 Å². The van der Waals surface area contributed by atoms with Crippen LogP contribution in [-0.4, -0.2) is 48.3 Å². The highest BCUT2D eigenvalue weighted by molar-refractivity contribution is 5.89. The lowest BCUT2D eigenvalue weighted by Crippen LogP contribution is -2.36. The van der Waals surface area contributed by atoms with Crippen LogP contribution >= 0.6 is 0 Å². The van der Waals surface area contributed by atoms with Crippen molar-refractivity contribution in [3.8, 4) is 0 Å². The molecule has 2 fully saturated rings. The topological polar surface area (TPSA) is 40.6 Å². The molecule has 0 radical (unpaired) electrons. The molecular weight excluding hydrogens is 204 g/mol. The average molecular weight is 224 g/mol.